The molecule has 1 unspecified atom stereocenters. The van der Waals surface area contributed by atoms with Gasteiger partial charge in [-0.15, -0.1) is 0 Å². The average molecular weight is 511 g/mol. The molecule has 1 atom stereocenters. The lowest BCUT2D eigenvalue weighted by atomic mass is 10.0. The summed E-state index contributed by atoms with van der Waals surface area (Å²) >= 11 is 0. The standard InChI is InChI=1S/C30H27FN4O3/c1-18-29(19(2)38-33-18)21-9-11-25-24(15-21)32-30(34(25)17-20-7-5-4-6-8-20)26-12-14-28(36)35(26)22-10-13-27(37-3)23(31)16-22/h4-11,13,15-16,26H,12,14,17H2,1-3H3. The summed E-state index contributed by atoms with van der Waals surface area (Å²) in [5.74, 6) is 1.08. The van der Waals surface area contributed by atoms with Crippen LogP contribution in [0.3, 0.4) is 0 Å². The summed E-state index contributed by atoms with van der Waals surface area (Å²) in [6, 6.07) is 20.6. The first-order valence-corrected chi connectivity index (χ1v) is 12.6. The fraction of sp³-hybridized carbons (Fsp3) is 0.233. The normalized spacial score (nSPS) is 15.5. The van der Waals surface area contributed by atoms with Crippen LogP contribution in [0.2, 0.25) is 0 Å². The summed E-state index contributed by atoms with van der Waals surface area (Å²) in [5, 5.41) is 4.10. The molecule has 5 aromatic rings. The second kappa shape index (κ2) is 9.45. The fourth-order valence-electron chi connectivity index (χ4n) is 5.44. The smallest absolute Gasteiger partial charge is 0.227 e. The van der Waals surface area contributed by atoms with Crippen LogP contribution in [-0.4, -0.2) is 27.7 Å². The summed E-state index contributed by atoms with van der Waals surface area (Å²) in [7, 11) is 1.42. The number of methoxy groups -OCH3 is 1. The van der Waals surface area contributed by atoms with E-state index >= 15 is 0 Å². The SMILES string of the molecule is COc1ccc(N2C(=O)CCC2c2nc3cc(-c4c(C)noc4C)ccc3n2Cc2ccccc2)cc1F. The van der Waals surface area contributed by atoms with Crippen molar-refractivity contribution in [2.75, 3.05) is 12.0 Å². The van der Waals surface area contributed by atoms with Crippen LogP contribution >= 0.6 is 0 Å². The molecule has 7 nitrogen and oxygen atoms in total. The van der Waals surface area contributed by atoms with E-state index in [4.69, 9.17) is 14.2 Å². The number of hydrogen-bond acceptors (Lipinski definition) is 5. The average Bonchev–Trinajstić information content (AvgIpc) is 3.58. The van der Waals surface area contributed by atoms with Gasteiger partial charge in [0.15, 0.2) is 11.6 Å². The van der Waals surface area contributed by atoms with E-state index in [0.29, 0.717) is 25.1 Å². The topological polar surface area (TPSA) is 73.4 Å². The molecule has 1 aliphatic rings. The van der Waals surface area contributed by atoms with E-state index in [2.05, 4.69) is 34.0 Å². The van der Waals surface area contributed by atoms with Gasteiger partial charge in [-0.2, -0.15) is 0 Å². The third kappa shape index (κ3) is 4.02. The molecule has 6 rings (SSSR count). The molecule has 0 saturated carbocycles. The highest BCUT2D eigenvalue weighted by Gasteiger charge is 2.37. The third-order valence-electron chi connectivity index (χ3n) is 7.21. The van der Waals surface area contributed by atoms with Crippen LogP contribution in [-0.2, 0) is 11.3 Å². The Bertz CT molecular complexity index is 1640. The van der Waals surface area contributed by atoms with Crippen molar-refractivity contribution < 1.29 is 18.4 Å². The Morgan fingerprint density at radius 2 is 1.89 bits per heavy atom. The van der Waals surface area contributed by atoms with E-state index in [1.807, 2.05) is 38.1 Å². The number of halogens is 1. The molecule has 38 heavy (non-hydrogen) atoms. The summed E-state index contributed by atoms with van der Waals surface area (Å²) in [6.07, 6.45) is 0.943. The number of fused-ring (bicyclic) bond motifs is 1. The van der Waals surface area contributed by atoms with Gasteiger partial charge in [-0.1, -0.05) is 41.6 Å². The van der Waals surface area contributed by atoms with Gasteiger partial charge in [0.1, 0.15) is 11.6 Å². The maximum Gasteiger partial charge on any atom is 0.227 e. The molecule has 0 radical (unpaired) electrons. The molecular weight excluding hydrogens is 483 g/mol. The highest BCUT2D eigenvalue weighted by atomic mass is 19.1. The second-order valence-corrected chi connectivity index (χ2v) is 9.58. The number of carbonyl (C=O) groups excluding carboxylic acids is 1. The summed E-state index contributed by atoms with van der Waals surface area (Å²) < 4.78 is 27.3. The van der Waals surface area contributed by atoms with E-state index in [-0.39, 0.29) is 17.7 Å². The van der Waals surface area contributed by atoms with Gasteiger partial charge < -0.3 is 18.7 Å². The van der Waals surface area contributed by atoms with E-state index < -0.39 is 5.82 Å². The lowest BCUT2D eigenvalue weighted by Gasteiger charge is -2.25. The minimum absolute atomic E-state index is 0.0608. The predicted molar refractivity (Wildman–Crippen MR) is 143 cm³/mol. The lowest BCUT2D eigenvalue weighted by Crippen LogP contribution is -2.29. The number of rotatable bonds is 6. The maximum atomic E-state index is 14.6. The van der Waals surface area contributed by atoms with Crippen LogP contribution in [0.15, 0.2) is 71.3 Å². The molecule has 8 heteroatoms. The predicted octanol–water partition coefficient (Wildman–Crippen LogP) is 6.37. The molecule has 1 fully saturated rings. The van der Waals surface area contributed by atoms with Gasteiger partial charge >= 0.3 is 0 Å². The first-order chi connectivity index (χ1) is 18.4. The molecule has 3 heterocycles. The van der Waals surface area contributed by atoms with Crippen molar-refractivity contribution in [3.05, 3.63) is 95.4 Å². The van der Waals surface area contributed by atoms with Crippen molar-refractivity contribution in [2.45, 2.75) is 39.3 Å². The maximum absolute atomic E-state index is 14.6. The number of aromatic nitrogens is 3. The van der Waals surface area contributed by atoms with Crippen LogP contribution in [0.1, 0.15) is 41.7 Å². The molecule has 1 amide bonds. The van der Waals surface area contributed by atoms with Crippen LogP contribution in [0.25, 0.3) is 22.2 Å². The van der Waals surface area contributed by atoms with Gasteiger partial charge in [-0.25, -0.2) is 9.37 Å². The Hall–Kier alpha value is -4.46. The van der Waals surface area contributed by atoms with Crippen LogP contribution in [0, 0.1) is 19.7 Å². The van der Waals surface area contributed by atoms with Gasteiger partial charge in [0.25, 0.3) is 0 Å². The summed E-state index contributed by atoms with van der Waals surface area (Å²) in [6.45, 7) is 4.41. The number of aryl methyl sites for hydroxylation is 2. The second-order valence-electron chi connectivity index (χ2n) is 9.58. The Labute approximate surface area is 219 Å². The molecule has 0 N–H and O–H groups in total. The Morgan fingerprint density at radius 1 is 1.08 bits per heavy atom. The largest absolute Gasteiger partial charge is 0.494 e. The molecule has 0 aliphatic carbocycles. The number of ether oxygens (including phenoxy) is 1. The number of benzene rings is 3. The van der Waals surface area contributed by atoms with Gasteiger partial charge in [0.05, 0.1) is 29.9 Å². The molecule has 1 saturated heterocycles. The van der Waals surface area contributed by atoms with E-state index in [1.165, 1.54) is 13.2 Å². The first-order valence-electron chi connectivity index (χ1n) is 12.6. The van der Waals surface area contributed by atoms with Gasteiger partial charge in [-0.05, 0) is 55.7 Å². The molecular formula is C30H27FN4O3. The zero-order valence-electron chi connectivity index (χ0n) is 21.4. The van der Waals surface area contributed by atoms with Gasteiger partial charge in [-0.3, -0.25) is 4.79 Å². The molecule has 2 aromatic heterocycles. The van der Waals surface area contributed by atoms with Crippen molar-refractivity contribution in [1.29, 1.82) is 0 Å². The van der Waals surface area contributed by atoms with Crippen LogP contribution in [0.5, 0.6) is 5.75 Å². The molecule has 192 valence electrons. The number of hydrogen-bond donors (Lipinski definition) is 0. The number of amides is 1. The number of carbonyl (C=O) groups is 1. The van der Waals surface area contributed by atoms with Gasteiger partial charge in [0, 0.05) is 30.3 Å². The van der Waals surface area contributed by atoms with E-state index in [1.54, 1.807) is 17.0 Å². The number of imidazole rings is 1. The van der Waals surface area contributed by atoms with E-state index in [9.17, 15) is 9.18 Å². The van der Waals surface area contributed by atoms with E-state index in [0.717, 1.165) is 45.0 Å². The quantitative estimate of drug-likeness (QED) is 0.265. The first kappa shape index (κ1) is 23.9. The van der Waals surface area contributed by atoms with Crippen LogP contribution < -0.4 is 9.64 Å². The van der Waals surface area contributed by atoms with Crippen molar-refractivity contribution in [3.63, 3.8) is 0 Å². The van der Waals surface area contributed by atoms with Crippen molar-refractivity contribution in [1.82, 2.24) is 14.7 Å². The van der Waals surface area contributed by atoms with Crippen molar-refractivity contribution in [3.8, 4) is 16.9 Å². The lowest BCUT2D eigenvalue weighted by molar-refractivity contribution is -0.117. The third-order valence-corrected chi connectivity index (χ3v) is 7.21. The Morgan fingerprint density at radius 3 is 2.61 bits per heavy atom. The van der Waals surface area contributed by atoms with Crippen molar-refractivity contribution in [2.24, 2.45) is 0 Å². The Kier molecular flexibility index (Phi) is 5.94. The zero-order chi connectivity index (χ0) is 26.4. The summed E-state index contributed by atoms with van der Waals surface area (Å²) in [4.78, 5) is 19.9. The summed E-state index contributed by atoms with van der Waals surface area (Å²) in [5.41, 5.74) is 6.13. The molecule has 3 aromatic carbocycles. The van der Waals surface area contributed by atoms with Crippen molar-refractivity contribution >= 4 is 22.6 Å². The highest BCUT2D eigenvalue weighted by molar-refractivity contribution is 5.96. The number of nitrogens with zero attached hydrogens (tertiary/aromatic N) is 4. The molecule has 1 aliphatic heterocycles. The highest BCUT2D eigenvalue weighted by Crippen LogP contribution is 2.40. The molecule has 0 spiro atoms. The van der Waals surface area contributed by atoms with Gasteiger partial charge in [0.2, 0.25) is 5.91 Å². The minimum Gasteiger partial charge on any atom is -0.494 e. The minimum atomic E-state index is -0.509. The molecule has 0 bridgehead atoms. The fourth-order valence-corrected chi connectivity index (χ4v) is 5.44. The monoisotopic (exact) mass is 510 g/mol. The Balaban J connectivity index is 1.50. The number of anilines is 1. The zero-order valence-corrected chi connectivity index (χ0v) is 21.4. The van der Waals surface area contributed by atoms with Crippen LogP contribution in [0.4, 0.5) is 10.1 Å².